The van der Waals surface area contributed by atoms with Crippen LogP contribution in [0.4, 0.5) is 0 Å². The molecular formula is C18H29ClN2O2. The lowest BCUT2D eigenvalue weighted by Gasteiger charge is -2.32. The molecule has 1 aliphatic rings. The molecular weight excluding hydrogens is 312 g/mol. The molecule has 1 atom stereocenters. The second kappa shape index (κ2) is 8.67. The van der Waals surface area contributed by atoms with E-state index in [1.165, 1.54) is 5.56 Å². The van der Waals surface area contributed by atoms with E-state index in [4.69, 9.17) is 10.5 Å². The standard InChI is InChI=1S/C18H28N2O2.ClH/c1-4-14-6-8-15(9-7-14)18(2,3)17(21)20-10-5-11-22-16(12-19)13-20;/h6-9,16H,4-5,10-13,19H2,1-3H3;1H/t16-;/m0./s1. The largest absolute Gasteiger partial charge is 0.375 e. The molecule has 0 bridgehead atoms. The third-order valence-electron chi connectivity index (χ3n) is 4.52. The Bertz CT molecular complexity index is 502. The molecule has 1 heterocycles. The summed E-state index contributed by atoms with van der Waals surface area (Å²) in [6.07, 6.45) is 1.83. The topological polar surface area (TPSA) is 55.6 Å². The van der Waals surface area contributed by atoms with E-state index in [2.05, 4.69) is 31.2 Å². The normalized spacial score (nSPS) is 19.0. The molecule has 4 nitrogen and oxygen atoms in total. The fraction of sp³-hybridized carbons (Fsp3) is 0.611. The van der Waals surface area contributed by atoms with Crippen molar-refractivity contribution in [2.75, 3.05) is 26.2 Å². The van der Waals surface area contributed by atoms with Gasteiger partial charge >= 0.3 is 0 Å². The highest BCUT2D eigenvalue weighted by atomic mass is 35.5. The zero-order valence-electron chi connectivity index (χ0n) is 14.4. The lowest BCUT2D eigenvalue weighted by molar-refractivity contribution is -0.137. The van der Waals surface area contributed by atoms with E-state index in [1.54, 1.807) is 0 Å². The Morgan fingerprint density at radius 2 is 2.00 bits per heavy atom. The number of nitrogens with zero attached hydrogens (tertiary/aromatic N) is 1. The molecule has 0 radical (unpaired) electrons. The van der Waals surface area contributed by atoms with Crippen LogP contribution in [0.15, 0.2) is 24.3 Å². The van der Waals surface area contributed by atoms with Gasteiger partial charge in [-0.3, -0.25) is 4.79 Å². The van der Waals surface area contributed by atoms with Gasteiger partial charge in [-0.05, 0) is 37.8 Å². The third kappa shape index (κ3) is 4.69. The van der Waals surface area contributed by atoms with Crippen LogP contribution in [0.5, 0.6) is 0 Å². The van der Waals surface area contributed by atoms with Gasteiger partial charge in [0.15, 0.2) is 0 Å². The Balaban J connectivity index is 0.00000264. The van der Waals surface area contributed by atoms with Gasteiger partial charge in [-0.15, -0.1) is 12.4 Å². The van der Waals surface area contributed by atoms with E-state index < -0.39 is 5.41 Å². The van der Waals surface area contributed by atoms with Crippen molar-refractivity contribution in [3.63, 3.8) is 0 Å². The summed E-state index contributed by atoms with van der Waals surface area (Å²) in [5, 5.41) is 0. The molecule has 0 aliphatic carbocycles. The second-order valence-electron chi connectivity index (χ2n) is 6.51. The molecule has 2 rings (SSSR count). The number of hydrogen-bond acceptors (Lipinski definition) is 3. The van der Waals surface area contributed by atoms with E-state index in [-0.39, 0.29) is 24.4 Å². The zero-order valence-corrected chi connectivity index (χ0v) is 15.2. The van der Waals surface area contributed by atoms with E-state index in [0.29, 0.717) is 19.7 Å². The molecule has 5 heteroatoms. The number of hydrogen-bond donors (Lipinski definition) is 1. The first-order chi connectivity index (χ1) is 10.5. The number of amides is 1. The number of carbonyl (C=O) groups excluding carboxylic acids is 1. The maximum absolute atomic E-state index is 13.0. The SMILES string of the molecule is CCc1ccc(C(C)(C)C(=O)N2CCCO[C@@H](CN)C2)cc1.Cl. The van der Waals surface area contributed by atoms with Gasteiger partial charge in [0.05, 0.1) is 11.5 Å². The van der Waals surface area contributed by atoms with Crippen molar-refractivity contribution in [3.8, 4) is 0 Å². The maximum atomic E-state index is 13.0. The number of nitrogens with two attached hydrogens (primary N) is 1. The highest BCUT2D eigenvalue weighted by Crippen LogP contribution is 2.27. The molecule has 1 saturated heterocycles. The van der Waals surface area contributed by atoms with Crippen LogP contribution < -0.4 is 5.73 Å². The van der Waals surface area contributed by atoms with E-state index in [0.717, 1.165) is 24.9 Å². The molecule has 1 aromatic carbocycles. The number of halogens is 1. The number of rotatable bonds is 4. The predicted molar refractivity (Wildman–Crippen MR) is 96.1 cm³/mol. The molecule has 23 heavy (non-hydrogen) atoms. The van der Waals surface area contributed by atoms with E-state index in [1.807, 2.05) is 18.7 Å². The molecule has 1 aliphatic heterocycles. The Labute approximate surface area is 145 Å². The van der Waals surface area contributed by atoms with Crippen molar-refractivity contribution in [2.45, 2.75) is 45.1 Å². The van der Waals surface area contributed by atoms with Crippen LogP contribution in [0.3, 0.4) is 0 Å². The van der Waals surface area contributed by atoms with Crippen molar-refractivity contribution < 1.29 is 9.53 Å². The number of carbonyl (C=O) groups is 1. The Morgan fingerprint density at radius 3 is 2.57 bits per heavy atom. The maximum Gasteiger partial charge on any atom is 0.232 e. The fourth-order valence-corrected chi connectivity index (χ4v) is 2.90. The average Bonchev–Trinajstić information content (AvgIpc) is 2.79. The second-order valence-corrected chi connectivity index (χ2v) is 6.51. The molecule has 0 unspecified atom stereocenters. The molecule has 0 saturated carbocycles. The van der Waals surface area contributed by atoms with Crippen LogP contribution in [-0.2, 0) is 21.4 Å². The summed E-state index contributed by atoms with van der Waals surface area (Å²) in [4.78, 5) is 14.9. The minimum atomic E-state index is -0.532. The minimum Gasteiger partial charge on any atom is -0.375 e. The Morgan fingerprint density at radius 1 is 1.35 bits per heavy atom. The molecule has 1 aromatic rings. The fourth-order valence-electron chi connectivity index (χ4n) is 2.90. The molecule has 1 amide bonds. The first kappa shape index (κ1) is 19.9. The quantitative estimate of drug-likeness (QED) is 0.916. The molecule has 0 aromatic heterocycles. The number of aryl methyl sites for hydroxylation is 1. The predicted octanol–water partition coefficient (Wildman–Crippen LogP) is 2.52. The Hall–Kier alpha value is -1.10. The summed E-state index contributed by atoms with van der Waals surface area (Å²) in [6, 6.07) is 8.37. The number of ether oxygens (including phenoxy) is 1. The summed E-state index contributed by atoms with van der Waals surface area (Å²) in [7, 11) is 0. The molecule has 0 spiro atoms. The van der Waals surface area contributed by atoms with Crippen molar-refractivity contribution in [1.82, 2.24) is 4.90 Å². The first-order valence-electron chi connectivity index (χ1n) is 8.19. The smallest absolute Gasteiger partial charge is 0.232 e. The van der Waals surface area contributed by atoms with Gasteiger partial charge in [0.1, 0.15) is 0 Å². The van der Waals surface area contributed by atoms with Gasteiger partial charge in [-0.25, -0.2) is 0 Å². The molecule has 2 N–H and O–H groups in total. The van der Waals surface area contributed by atoms with Gasteiger partial charge in [0.25, 0.3) is 0 Å². The highest BCUT2D eigenvalue weighted by Gasteiger charge is 2.35. The van der Waals surface area contributed by atoms with Crippen LogP contribution in [0, 0.1) is 0 Å². The summed E-state index contributed by atoms with van der Waals surface area (Å²) < 4.78 is 5.66. The summed E-state index contributed by atoms with van der Waals surface area (Å²) in [5.74, 6) is 0.153. The lowest BCUT2D eigenvalue weighted by atomic mass is 9.82. The van der Waals surface area contributed by atoms with Gasteiger partial charge in [-0.2, -0.15) is 0 Å². The summed E-state index contributed by atoms with van der Waals surface area (Å²) in [6.45, 7) is 8.60. The van der Waals surface area contributed by atoms with Gasteiger partial charge < -0.3 is 15.4 Å². The van der Waals surface area contributed by atoms with Gasteiger partial charge in [0, 0.05) is 26.2 Å². The monoisotopic (exact) mass is 340 g/mol. The van der Waals surface area contributed by atoms with Gasteiger partial charge in [-0.1, -0.05) is 31.2 Å². The van der Waals surface area contributed by atoms with Crippen LogP contribution in [-0.4, -0.2) is 43.2 Å². The minimum absolute atomic E-state index is 0. The van der Waals surface area contributed by atoms with Crippen molar-refractivity contribution in [1.29, 1.82) is 0 Å². The van der Waals surface area contributed by atoms with Crippen LogP contribution in [0.2, 0.25) is 0 Å². The summed E-state index contributed by atoms with van der Waals surface area (Å²) in [5.41, 5.74) is 7.54. The van der Waals surface area contributed by atoms with Crippen molar-refractivity contribution in [2.24, 2.45) is 5.73 Å². The molecule has 1 fully saturated rings. The average molecular weight is 341 g/mol. The van der Waals surface area contributed by atoms with Gasteiger partial charge in [0.2, 0.25) is 5.91 Å². The van der Waals surface area contributed by atoms with Crippen LogP contribution in [0.25, 0.3) is 0 Å². The van der Waals surface area contributed by atoms with Crippen molar-refractivity contribution >= 4 is 18.3 Å². The van der Waals surface area contributed by atoms with E-state index in [9.17, 15) is 4.79 Å². The molecule has 130 valence electrons. The summed E-state index contributed by atoms with van der Waals surface area (Å²) >= 11 is 0. The number of benzene rings is 1. The first-order valence-corrected chi connectivity index (χ1v) is 8.19. The van der Waals surface area contributed by atoms with E-state index >= 15 is 0 Å². The zero-order chi connectivity index (χ0) is 16.2. The van der Waals surface area contributed by atoms with Crippen LogP contribution in [0.1, 0.15) is 38.3 Å². The van der Waals surface area contributed by atoms with Crippen LogP contribution >= 0.6 is 12.4 Å². The highest BCUT2D eigenvalue weighted by molar-refractivity contribution is 5.87. The van der Waals surface area contributed by atoms with Crippen molar-refractivity contribution in [3.05, 3.63) is 35.4 Å². The third-order valence-corrected chi connectivity index (χ3v) is 4.52. The lowest BCUT2D eigenvalue weighted by Crippen LogP contribution is -2.47. The Kier molecular flexibility index (Phi) is 7.52.